The van der Waals surface area contributed by atoms with E-state index in [0.29, 0.717) is 21.9 Å². The molecule has 26 heavy (non-hydrogen) atoms. The Kier molecular flexibility index (Phi) is 4.77. The number of anilines is 3. The van der Waals surface area contributed by atoms with Crippen LogP contribution in [0.25, 0.3) is 10.9 Å². The number of nitrogens with one attached hydrogen (secondary N) is 2. The smallest absolute Gasteiger partial charge is 0.261 e. The van der Waals surface area contributed by atoms with E-state index < -0.39 is 0 Å². The number of morpholine rings is 1. The van der Waals surface area contributed by atoms with Crippen LogP contribution in [0.1, 0.15) is 0 Å². The molecule has 4 rings (SSSR count). The van der Waals surface area contributed by atoms with Crippen molar-refractivity contribution in [3.8, 4) is 0 Å². The standard InChI is InChI=1S/C18H19N5O2S/c1-26-18-21-14-6-7-19-17(24)15(14)16(22-18)20-12-2-4-13(5-3-12)23-8-10-25-11-9-23/h2-7H,8-11H2,1H3,(H,19,24)(H,20,21,22). The fraction of sp³-hybridized carbons (Fsp3) is 0.278. The average Bonchev–Trinajstić information content (AvgIpc) is 2.69. The predicted molar refractivity (Wildman–Crippen MR) is 105 cm³/mol. The van der Waals surface area contributed by atoms with E-state index in [1.165, 1.54) is 11.8 Å². The van der Waals surface area contributed by atoms with Crippen LogP contribution in [0.4, 0.5) is 17.2 Å². The number of thioether (sulfide) groups is 1. The van der Waals surface area contributed by atoms with Gasteiger partial charge in [0.15, 0.2) is 5.16 Å². The molecule has 134 valence electrons. The van der Waals surface area contributed by atoms with Gasteiger partial charge in [-0.1, -0.05) is 11.8 Å². The van der Waals surface area contributed by atoms with Crippen LogP contribution in [0.2, 0.25) is 0 Å². The molecule has 1 aromatic carbocycles. The third kappa shape index (κ3) is 3.38. The Bertz CT molecular complexity index is 967. The minimum absolute atomic E-state index is 0.206. The summed E-state index contributed by atoms with van der Waals surface area (Å²) in [7, 11) is 0. The molecule has 0 radical (unpaired) electrons. The molecule has 3 aromatic rings. The van der Waals surface area contributed by atoms with Gasteiger partial charge < -0.3 is 19.9 Å². The van der Waals surface area contributed by atoms with Crippen LogP contribution in [0, 0.1) is 0 Å². The Morgan fingerprint density at radius 1 is 1.15 bits per heavy atom. The molecule has 0 spiro atoms. The summed E-state index contributed by atoms with van der Waals surface area (Å²) in [6, 6.07) is 9.90. The molecule has 0 unspecified atom stereocenters. The summed E-state index contributed by atoms with van der Waals surface area (Å²) >= 11 is 1.44. The van der Waals surface area contributed by atoms with E-state index in [-0.39, 0.29) is 5.56 Å². The van der Waals surface area contributed by atoms with E-state index in [1.54, 1.807) is 12.3 Å². The number of nitrogens with zero attached hydrogens (tertiary/aromatic N) is 3. The van der Waals surface area contributed by atoms with Crippen LogP contribution >= 0.6 is 11.8 Å². The van der Waals surface area contributed by atoms with Crippen molar-refractivity contribution in [2.45, 2.75) is 5.16 Å². The summed E-state index contributed by atoms with van der Waals surface area (Å²) in [6.07, 6.45) is 3.51. The van der Waals surface area contributed by atoms with Crippen LogP contribution in [0.5, 0.6) is 0 Å². The maximum absolute atomic E-state index is 12.2. The average molecular weight is 369 g/mol. The van der Waals surface area contributed by atoms with Crippen LogP contribution in [0.3, 0.4) is 0 Å². The molecule has 7 nitrogen and oxygen atoms in total. The maximum Gasteiger partial charge on any atom is 0.261 e. The van der Waals surface area contributed by atoms with E-state index in [2.05, 4.69) is 37.3 Å². The zero-order valence-electron chi connectivity index (χ0n) is 14.4. The number of fused-ring (bicyclic) bond motifs is 1. The third-order valence-corrected chi connectivity index (χ3v) is 4.84. The van der Waals surface area contributed by atoms with Crippen LogP contribution in [-0.2, 0) is 4.74 Å². The van der Waals surface area contributed by atoms with Crippen molar-refractivity contribution in [3.05, 3.63) is 46.9 Å². The molecule has 1 fully saturated rings. The van der Waals surface area contributed by atoms with E-state index >= 15 is 0 Å². The lowest BCUT2D eigenvalue weighted by atomic mass is 10.2. The van der Waals surface area contributed by atoms with Crippen molar-refractivity contribution in [2.24, 2.45) is 0 Å². The van der Waals surface area contributed by atoms with E-state index in [1.807, 2.05) is 18.4 Å². The second-order valence-electron chi connectivity index (χ2n) is 5.90. The van der Waals surface area contributed by atoms with Gasteiger partial charge in [0.05, 0.1) is 18.7 Å². The van der Waals surface area contributed by atoms with Gasteiger partial charge in [-0.25, -0.2) is 9.97 Å². The monoisotopic (exact) mass is 369 g/mol. The molecule has 8 heteroatoms. The van der Waals surface area contributed by atoms with E-state index in [0.717, 1.165) is 37.7 Å². The molecule has 0 atom stereocenters. The lowest BCUT2D eigenvalue weighted by Gasteiger charge is -2.28. The second-order valence-corrected chi connectivity index (χ2v) is 6.67. The SMILES string of the molecule is CSc1nc(Nc2ccc(N3CCOCC3)cc2)c2c(=O)[nH]ccc2n1. The first kappa shape index (κ1) is 16.9. The molecule has 2 aromatic heterocycles. The van der Waals surface area contributed by atoms with Gasteiger partial charge in [0, 0.05) is 30.7 Å². The molecular weight excluding hydrogens is 350 g/mol. The van der Waals surface area contributed by atoms with Gasteiger partial charge in [-0.3, -0.25) is 4.79 Å². The third-order valence-electron chi connectivity index (χ3n) is 4.29. The molecule has 0 bridgehead atoms. The van der Waals surface area contributed by atoms with Crippen molar-refractivity contribution < 1.29 is 4.74 Å². The quantitative estimate of drug-likeness (QED) is 0.540. The summed E-state index contributed by atoms with van der Waals surface area (Å²) in [5.41, 5.74) is 2.45. The number of aromatic amines is 1. The molecule has 1 aliphatic rings. The molecule has 0 amide bonds. The number of pyridine rings is 1. The topological polar surface area (TPSA) is 83.1 Å². The van der Waals surface area contributed by atoms with Crippen molar-refractivity contribution >= 4 is 39.9 Å². The van der Waals surface area contributed by atoms with Gasteiger partial charge in [-0.05, 0) is 36.6 Å². The van der Waals surface area contributed by atoms with Gasteiger partial charge in [0.2, 0.25) is 0 Å². The summed E-state index contributed by atoms with van der Waals surface area (Å²) in [5.74, 6) is 0.514. The van der Waals surface area contributed by atoms with E-state index in [9.17, 15) is 4.79 Å². The second kappa shape index (κ2) is 7.35. The van der Waals surface area contributed by atoms with Crippen molar-refractivity contribution in [1.29, 1.82) is 0 Å². The van der Waals surface area contributed by atoms with Gasteiger partial charge in [0.25, 0.3) is 5.56 Å². The van der Waals surface area contributed by atoms with E-state index in [4.69, 9.17) is 4.74 Å². The Labute approximate surface area is 154 Å². The number of rotatable bonds is 4. The Balaban J connectivity index is 1.65. The van der Waals surface area contributed by atoms with Crippen molar-refractivity contribution in [3.63, 3.8) is 0 Å². The Morgan fingerprint density at radius 3 is 2.65 bits per heavy atom. The highest BCUT2D eigenvalue weighted by atomic mass is 32.2. The van der Waals surface area contributed by atoms with Crippen LogP contribution in [0.15, 0.2) is 46.5 Å². The summed E-state index contributed by atoms with van der Waals surface area (Å²) in [6.45, 7) is 3.31. The molecule has 1 saturated heterocycles. The number of benzene rings is 1. The largest absolute Gasteiger partial charge is 0.378 e. The molecule has 0 saturated carbocycles. The minimum Gasteiger partial charge on any atom is -0.378 e. The first-order chi connectivity index (χ1) is 12.7. The predicted octanol–water partition coefficient (Wildman–Crippen LogP) is 2.62. The molecule has 3 heterocycles. The Hall–Kier alpha value is -2.58. The summed E-state index contributed by atoms with van der Waals surface area (Å²) in [5, 5.41) is 4.35. The fourth-order valence-electron chi connectivity index (χ4n) is 2.97. The first-order valence-corrected chi connectivity index (χ1v) is 9.60. The lowest BCUT2D eigenvalue weighted by Crippen LogP contribution is -2.36. The highest BCUT2D eigenvalue weighted by Gasteiger charge is 2.13. The fourth-order valence-corrected chi connectivity index (χ4v) is 3.34. The first-order valence-electron chi connectivity index (χ1n) is 8.38. The summed E-state index contributed by atoms with van der Waals surface area (Å²) < 4.78 is 5.40. The van der Waals surface area contributed by atoms with Gasteiger partial charge in [-0.15, -0.1) is 0 Å². The summed E-state index contributed by atoms with van der Waals surface area (Å²) in [4.78, 5) is 26.1. The van der Waals surface area contributed by atoms with Gasteiger partial charge in [-0.2, -0.15) is 0 Å². The number of ether oxygens (including phenoxy) is 1. The molecule has 0 aliphatic carbocycles. The maximum atomic E-state index is 12.2. The van der Waals surface area contributed by atoms with Crippen LogP contribution < -0.4 is 15.8 Å². The number of hydrogen-bond acceptors (Lipinski definition) is 7. The van der Waals surface area contributed by atoms with Gasteiger partial charge in [0.1, 0.15) is 11.2 Å². The van der Waals surface area contributed by atoms with Crippen molar-refractivity contribution in [2.75, 3.05) is 42.8 Å². The van der Waals surface area contributed by atoms with Crippen molar-refractivity contribution in [1.82, 2.24) is 15.0 Å². The number of aromatic nitrogens is 3. The zero-order valence-corrected chi connectivity index (χ0v) is 15.2. The zero-order chi connectivity index (χ0) is 17.9. The number of H-pyrrole nitrogens is 1. The highest BCUT2D eigenvalue weighted by Crippen LogP contribution is 2.25. The number of hydrogen-bond donors (Lipinski definition) is 2. The molecule has 2 N–H and O–H groups in total. The van der Waals surface area contributed by atoms with Crippen LogP contribution in [-0.4, -0.2) is 47.5 Å². The van der Waals surface area contributed by atoms with Gasteiger partial charge >= 0.3 is 0 Å². The molecular formula is C18H19N5O2S. The lowest BCUT2D eigenvalue weighted by molar-refractivity contribution is 0.122. The molecule has 1 aliphatic heterocycles. The normalized spacial score (nSPS) is 14.6. The highest BCUT2D eigenvalue weighted by molar-refractivity contribution is 7.98. The Morgan fingerprint density at radius 2 is 1.92 bits per heavy atom. The minimum atomic E-state index is -0.206.